The molecule has 0 aliphatic rings. The number of benzene rings is 1. The van der Waals surface area contributed by atoms with Gasteiger partial charge < -0.3 is 10.2 Å². The highest BCUT2D eigenvalue weighted by molar-refractivity contribution is 5.67. The van der Waals surface area contributed by atoms with E-state index >= 15 is 0 Å². The Morgan fingerprint density at radius 3 is 2.52 bits per heavy atom. The van der Waals surface area contributed by atoms with E-state index in [0.29, 0.717) is 5.82 Å². The Hall–Kier alpha value is -2.86. The van der Waals surface area contributed by atoms with Gasteiger partial charge in [-0.2, -0.15) is 0 Å². The summed E-state index contributed by atoms with van der Waals surface area (Å²) in [5, 5.41) is 3.32. The third-order valence-electron chi connectivity index (χ3n) is 3.65. The number of anilines is 1. The van der Waals surface area contributed by atoms with Crippen molar-refractivity contribution in [3.63, 3.8) is 0 Å². The first-order valence-electron chi connectivity index (χ1n) is 8.06. The number of pyridine rings is 1. The molecule has 128 valence electrons. The average molecular weight is 337 g/mol. The molecule has 5 nitrogen and oxygen atoms in total. The van der Waals surface area contributed by atoms with Crippen LogP contribution in [0.5, 0.6) is 0 Å². The maximum absolute atomic E-state index is 13.2. The van der Waals surface area contributed by atoms with Gasteiger partial charge in [0, 0.05) is 42.7 Å². The smallest absolute Gasteiger partial charge is 0.163 e. The van der Waals surface area contributed by atoms with Crippen LogP contribution in [0.4, 0.5) is 10.2 Å². The number of nitrogens with zero attached hydrogens (tertiary/aromatic N) is 4. The molecule has 0 fully saturated rings. The Balaban J connectivity index is 1.97. The van der Waals surface area contributed by atoms with Gasteiger partial charge in [-0.3, -0.25) is 4.98 Å². The second kappa shape index (κ2) is 7.81. The molecule has 0 bridgehead atoms. The number of hydrogen-bond donors (Lipinski definition) is 1. The lowest BCUT2D eigenvalue weighted by molar-refractivity contribution is 0.425. The third kappa shape index (κ3) is 4.58. The molecule has 0 amide bonds. The van der Waals surface area contributed by atoms with E-state index in [1.54, 1.807) is 24.5 Å². The summed E-state index contributed by atoms with van der Waals surface area (Å²) in [4.78, 5) is 15.4. The maximum Gasteiger partial charge on any atom is 0.163 e. The molecule has 0 unspecified atom stereocenters. The fourth-order valence-electron chi connectivity index (χ4n) is 2.34. The number of hydrogen-bond acceptors (Lipinski definition) is 5. The van der Waals surface area contributed by atoms with E-state index in [0.717, 1.165) is 35.7 Å². The predicted octanol–water partition coefficient (Wildman–Crippen LogP) is 3.32. The zero-order valence-corrected chi connectivity index (χ0v) is 14.3. The van der Waals surface area contributed by atoms with Crippen LogP contribution in [0.3, 0.4) is 0 Å². The molecule has 6 heteroatoms. The van der Waals surface area contributed by atoms with E-state index in [4.69, 9.17) is 0 Å². The van der Waals surface area contributed by atoms with Crippen LogP contribution in [0.1, 0.15) is 0 Å². The van der Waals surface area contributed by atoms with Crippen LogP contribution < -0.4 is 5.32 Å². The predicted molar refractivity (Wildman–Crippen MR) is 97.7 cm³/mol. The molecule has 3 aromatic rings. The highest BCUT2D eigenvalue weighted by Gasteiger charge is 2.09. The summed E-state index contributed by atoms with van der Waals surface area (Å²) in [7, 11) is 4.04. The Kier molecular flexibility index (Phi) is 5.30. The lowest BCUT2D eigenvalue weighted by Crippen LogP contribution is -2.21. The first-order valence-corrected chi connectivity index (χ1v) is 8.06. The maximum atomic E-state index is 13.2. The van der Waals surface area contributed by atoms with Crippen molar-refractivity contribution < 1.29 is 4.39 Å². The van der Waals surface area contributed by atoms with Crippen LogP contribution in [0.2, 0.25) is 0 Å². The van der Waals surface area contributed by atoms with E-state index in [1.807, 2.05) is 32.3 Å². The first-order chi connectivity index (χ1) is 12.1. The summed E-state index contributed by atoms with van der Waals surface area (Å²) in [6.45, 7) is 1.65. The van der Waals surface area contributed by atoms with Crippen LogP contribution in [-0.2, 0) is 0 Å². The topological polar surface area (TPSA) is 53.9 Å². The summed E-state index contributed by atoms with van der Waals surface area (Å²) in [5.74, 6) is 1.05. The zero-order chi connectivity index (χ0) is 17.6. The third-order valence-corrected chi connectivity index (χ3v) is 3.65. The molecule has 0 aliphatic heterocycles. The monoisotopic (exact) mass is 337 g/mol. The van der Waals surface area contributed by atoms with Gasteiger partial charge in [0.1, 0.15) is 11.6 Å². The number of likely N-dealkylation sites (N-methyl/N-ethyl adjacent to an activating group) is 1. The van der Waals surface area contributed by atoms with Crippen molar-refractivity contribution in [3.8, 4) is 22.6 Å². The van der Waals surface area contributed by atoms with E-state index in [1.165, 1.54) is 12.1 Å². The first kappa shape index (κ1) is 17.0. The van der Waals surface area contributed by atoms with Crippen molar-refractivity contribution in [3.05, 3.63) is 60.7 Å². The van der Waals surface area contributed by atoms with Gasteiger partial charge in [0.15, 0.2) is 5.82 Å². The van der Waals surface area contributed by atoms with E-state index in [2.05, 4.69) is 25.2 Å². The van der Waals surface area contributed by atoms with Gasteiger partial charge >= 0.3 is 0 Å². The van der Waals surface area contributed by atoms with Crippen LogP contribution >= 0.6 is 0 Å². The number of halogens is 1. The van der Waals surface area contributed by atoms with Crippen molar-refractivity contribution in [2.45, 2.75) is 0 Å². The second-order valence-corrected chi connectivity index (χ2v) is 5.94. The molecule has 2 aromatic heterocycles. The quantitative estimate of drug-likeness (QED) is 0.748. The van der Waals surface area contributed by atoms with Crippen molar-refractivity contribution in [2.75, 3.05) is 32.5 Å². The number of nitrogens with one attached hydrogen (secondary N) is 1. The SMILES string of the molecule is CN(C)CCNc1cc(-c2ccc(F)cc2)nc(-c2cccnc2)n1. The Morgan fingerprint density at radius 2 is 1.84 bits per heavy atom. The van der Waals surface area contributed by atoms with E-state index in [9.17, 15) is 4.39 Å². The summed E-state index contributed by atoms with van der Waals surface area (Å²) in [6.07, 6.45) is 3.44. The van der Waals surface area contributed by atoms with Gasteiger partial charge in [-0.15, -0.1) is 0 Å². The van der Waals surface area contributed by atoms with Crippen molar-refractivity contribution in [2.24, 2.45) is 0 Å². The van der Waals surface area contributed by atoms with Crippen molar-refractivity contribution in [1.29, 1.82) is 0 Å². The highest BCUT2D eigenvalue weighted by atomic mass is 19.1. The normalized spacial score (nSPS) is 10.9. The van der Waals surface area contributed by atoms with Crippen LogP contribution in [0.15, 0.2) is 54.9 Å². The van der Waals surface area contributed by atoms with Crippen LogP contribution in [-0.4, -0.2) is 47.0 Å². The molecule has 0 spiro atoms. The summed E-state index contributed by atoms with van der Waals surface area (Å²) >= 11 is 0. The highest BCUT2D eigenvalue weighted by Crippen LogP contribution is 2.24. The molecule has 1 N–H and O–H groups in total. The fourth-order valence-corrected chi connectivity index (χ4v) is 2.34. The van der Waals surface area contributed by atoms with Gasteiger partial charge in [-0.05, 0) is 50.5 Å². The summed E-state index contributed by atoms with van der Waals surface area (Å²) in [6, 6.07) is 11.9. The molecule has 0 saturated heterocycles. The minimum atomic E-state index is -0.269. The largest absolute Gasteiger partial charge is 0.369 e. The Labute approximate surface area is 146 Å². The molecule has 25 heavy (non-hydrogen) atoms. The van der Waals surface area contributed by atoms with Gasteiger partial charge in [-0.1, -0.05) is 0 Å². The van der Waals surface area contributed by atoms with Crippen molar-refractivity contribution in [1.82, 2.24) is 19.9 Å². The minimum absolute atomic E-state index is 0.269. The molecule has 3 rings (SSSR count). The van der Waals surface area contributed by atoms with Crippen molar-refractivity contribution >= 4 is 5.82 Å². The minimum Gasteiger partial charge on any atom is -0.369 e. The fraction of sp³-hybridized carbons (Fsp3) is 0.211. The lowest BCUT2D eigenvalue weighted by Gasteiger charge is -2.13. The van der Waals surface area contributed by atoms with Crippen LogP contribution in [0, 0.1) is 5.82 Å². The van der Waals surface area contributed by atoms with Gasteiger partial charge in [0.05, 0.1) is 5.69 Å². The van der Waals surface area contributed by atoms with E-state index in [-0.39, 0.29) is 5.82 Å². The standard InChI is InChI=1S/C19H20FN5/c1-25(2)11-10-22-18-12-17(14-5-7-16(20)8-6-14)23-19(24-18)15-4-3-9-21-13-15/h3-9,12-13H,10-11H2,1-2H3,(H,22,23,24). The molecule has 1 aromatic carbocycles. The zero-order valence-electron chi connectivity index (χ0n) is 14.3. The lowest BCUT2D eigenvalue weighted by atomic mass is 10.1. The molecular weight excluding hydrogens is 317 g/mol. The van der Waals surface area contributed by atoms with Gasteiger partial charge in [-0.25, -0.2) is 14.4 Å². The van der Waals surface area contributed by atoms with Crippen LogP contribution in [0.25, 0.3) is 22.6 Å². The molecule has 0 saturated carbocycles. The Bertz CT molecular complexity index is 819. The number of aromatic nitrogens is 3. The molecule has 2 heterocycles. The number of rotatable bonds is 6. The molecule has 0 aliphatic carbocycles. The summed E-state index contributed by atoms with van der Waals surface area (Å²) < 4.78 is 13.2. The van der Waals surface area contributed by atoms with Gasteiger partial charge in [0.25, 0.3) is 0 Å². The molecule has 0 radical (unpaired) electrons. The molecule has 0 atom stereocenters. The van der Waals surface area contributed by atoms with E-state index < -0.39 is 0 Å². The summed E-state index contributed by atoms with van der Waals surface area (Å²) in [5.41, 5.74) is 2.41. The second-order valence-electron chi connectivity index (χ2n) is 5.94. The Morgan fingerprint density at radius 1 is 1.04 bits per heavy atom. The molecular formula is C19H20FN5. The van der Waals surface area contributed by atoms with Gasteiger partial charge in [0.2, 0.25) is 0 Å². The average Bonchev–Trinajstić information content (AvgIpc) is 2.62.